The summed E-state index contributed by atoms with van der Waals surface area (Å²) in [5.74, 6) is -0.148. The molecule has 17 heavy (non-hydrogen) atoms. The first-order chi connectivity index (χ1) is 8.15. The van der Waals surface area contributed by atoms with Gasteiger partial charge in [0.25, 0.3) is 5.91 Å². The molecule has 0 unspecified atom stereocenters. The Bertz CT molecular complexity index is 430. The molecule has 0 saturated carbocycles. The molecule has 0 bridgehead atoms. The molecular weight excluding hydrogens is 214 g/mol. The third-order valence-corrected chi connectivity index (χ3v) is 2.33. The van der Waals surface area contributed by atoms with Crippen molar-refractivity contribution in [2.24, 2.45) is 0 Å². The molecule has 4 heteroatoms. The van der Waals surface area contributed by atoms with E-state index in [9.17, 15) is 4.79 Å². The van der Waals surface area contributed by atoms with Crippen molar-refractivity contribution in [3.05, 3.63) is 41.5 Å². The summed E-state index contributed by atoms with van der Waals surface area (Å²) in [6.45, 7) is 6.48. The molecule has 0 fully saturated rings. The van der Waals surface area contributed by atoms with E-state index >= 15 is 0 Å². The number of nitrogens with one attached hydrogen (secondary N) is 2. The fourth-order valence-corrected chi connectivity index (χ4v) is 1.46. The molecule has 1 amide bonds. The van der Waals surface area contributed by atoms with Crippen LogP contribution < -0.4 is 5.32 Å². The van der Waals surface area contributed by atoms with Crippen LogP contribution in [-0.2, 0) is 0 Å². The van der Waals surface area contributed by atoms with E-state index in [-0.39, 0.29) is 5.91 Å². The third-order valence-electron chi connectivity index (χ3n) is 2.33. The van der Waals surface area contributed by atoms with E-state index in [2.05, 4.69) is 28.3 Å². The van der Waals surface area contributed by atoms with Gasteiger partial charge in [-0.25, -0.2) is 4.98 Å². The number of aromatic amines is 1. The van der Waals surface area contributed by atoms with Crippen molar-refractivity contribution in [2.75, 3.05) is 6.54 Å². The maximum absolute atomic E-state index is 11.7. The molecule has 4 nitrogen and oxygen atoms in total. The summed E-state index contributed by atoms with van der Waals surface area (Å²) < 4.78 is 0. The molecule has 0 atom stereocenters. The molecule has 0 aliphatic heterocycles. The Morgan fingerprint density at radius 1 is 1.59 bits per heavy atom. The van der Waals surface area contributed by atoms with Gasteiger partial charge in [-0.2, -0.15) is 0 Å². The molecule has 0 aromatic carbocycles. The number of H-pyrrole nitrogens is 1. The highest BCUT2D eigenvalue weighted by Crippen LogP contribution is 2.00. The van der Waals surface area contributed by atoms with E-state index in [1.54, 1.807) is 0 Å². The van der Waals surface area contributed by atoms with Gasteiger partial charge in [0.15, 0.2) is 0 Å². The first kappa shape index (κ1) is 13.2. The van der Waals surface area contributed by atoms with Gasteiger partial charge >= 0.3 is 0 Å². The second-order valence-corrected chi connectivity index (χ2v) is 3.84. The summed E-state index contributed by atoms with van der Waals surface area (Å²) in [6.07, 6.45) is 8.61. The van der Waals surface area contributed by atoms with Crippen molar-refractivity contribution in [3.8, 4) is 0 Å². The topological polar surface area (TPSA) is 57.8 Å². The molecule has 0 aliphatic carbocycles. The molecule has 1 aromatic rings. The van der Waals surface area contributed by atoms with Gasteiger partial charge in [0, 0.05) is 12.2 Å². The van der Waals surface area contributed by atoms with Crippen LogP contribution in [0.5, 0.6) is 0 Å². The van der Waals surface area contributed by atoms with Crippen molar-refractivity contribution in [1.29, 1.82) is 0 Å². The van der Waals surface area contributed by atoms with E-state index in [0.717, 1.165) is 12.1 Å². The minimum Gasteiger partial charge on any atom is -0.348 e. The summed E-state index contributed by atoms with van der Waals surface area (Å²) >= 11 is 0. The highest BCUT2D eigenvalue weighted by Gasteiger charge is 2.09. The van der Waals surface area contributed by atoms with Crippen LogP contribution in [0, 0.1) is 6.92 Å². The fourth-order valence-electron chi connectivity index (χ4n) is 1.46. The SMILES string of the molecule is CCC=C(C)C=CCNC(=O)c1nc[nH]c1C. The number of carbonyl (C=O) groups is 1. The Labute approximate surface area is 102 Å². The van der Waals surface area contributed by atoms with Crippen LogP contribution in [0.25, 0.3) is 0 Å². The second kappa shape index (κ2) is 6.68. The zero-order chi connectivity index (χ0) is 12.7. The van der Waals surface area contributed by atoms with Gasteiger partial charge in [0.1, 0.15) is 5.69 Å². The van der Waals surface area contributed by atoms with Crippen LogP contribution in [0.2, 0.25) is 0 Å². The Balaban J connectivity index is 2.40. The summed E-state index contributed by atoms with van der Waals surface area (Å²) in [5.41, 5.74) is 2.45. The van der Waals surface area contributed by atoms with Crippen LogP contribution in [-0.4, -0.2) is 22.4 Å². The summed E-state index contributed by atoms with van der Waals surface area (Å²) in [7, 11) is 0. The molecule has 0 radical (unpaired) electrons. The first-order valence-corrected chi connectivity index (χ1v) is 5.76. The quantitative estimate of drug-likeness (QED) is 0.767. The van der Waals surface area contributed by atoms with Gasteiger partial charge in [-0.15, -0.1) is 0 Å². The zero-order valence-electron chi connectivity index (χ0n) is 10.6. The van der Waals surface area contributed by atoms with Gasteiger partial charge in [-0.05, 0) is 20.3 Å². The van der Waals surface area contributed by atoms with Crippen LogP contribution in [0.4, 0.5) is 0 Å². The van der Waals surface area contributed by atoms with Crippen molar-refractivity contribution in [1.82, 2.24) is 15.3 Å². The van der Waals surface area contributed by atoms with E-state index in [4.69, 9.17) is 0 Å². The summed E-state index contributed by atoms with van der Waals surface area (Å²) in [5, 5.41) is 2.79. The first-order valence-electron chi connectivity index (χ1n) is 5.76. The van der Waals surface area contributed by atoms with E-state index in [1.807, 2.05) is 26.0 Å². The minimum atomic E-state index is -0.148. The van der Waals surface area contributed by atoms with Crippen molar-refractivity contribution >= 4 is 5.91 Å². The Morgan fingerprint density at radius 2 is 2.35 bits per heavy atom. The Hall–Kier alpha value is -1.84. The van der Waals surface area contributed by atoms with Crippen molar-refractivity contribution < 1.29 is 4.79 Å². The molecule has 0 spiro atoms. The van der Waals surface area contributed by atoms with E-state index in [1.165, 1.54) is 11.9 Å². The van der Waals surface area contributed by atoms with Crippen LogP contribution in [0.15, 0.2) is 30.1 Å². The standard InChI is InChI=1S/C13H19N3O/c1-4-6-10(2)7-5-8-14-13(17)12-11(3)15-9-16-12/h5-7,9H,4,8H2,1-3H3,(H,14,17)(H,15,16). The highest BCUT2D eigenvalue weighted by molar-refractivity contribution is 5.93. The lowest BCUT2D eigenvalue weighted by atomic mass is 10.2. The molecular formula is C13H19N3O. The summed E-state index contributed by atoms with van der Waals surface area (Å²) in [6, 6.07) is 0. The number of imidazole rings is 1. The maximum atomic E-state index is 11.7. The Kier molecular flexibility index (Phi) is 5.20. The number of rotatable bonds is 5. The fraction of sp³-hybridized carbons (Fsp3) is 0.385. The van der Waals surface area contributed by atoms with Gasteiger partial charge in [-0.3, -0.25) is 4.79 Å². The molecule has 0 saturated heterocycles. The highest BCUT2D eigenvalue weighted by atomic mass is 16.1. The number of aryl methyl sites for hydroxylation is 1. The average Bonchev–Trinajstić information content (AvgIpc) is 2.71. The maximum Gasteiger partial charge on any atom is 0.271 e. The van der Waals surface area contributed by atoms with Crippen LogP contribution >= 0.6 is 0 Å². The number of allylic oxidation sites excluding steroid dienone is 3. The number of hydrogen-bond donors (Lipinski definition) is 2. The number of nitrogens with zero attached hydrogens (tertiary/aromatic N) is 1. The largest absolute Gasteiger partial charge is 0.348 e. The molecule has 1 aromatic heterocycles. The second-order valence-electron chi connectivity index (χ2n) is 3.84. The predicted octanol–water partition coefficient (Wildman–Crippen LogP) is 2.36. The number of aromatic nitrogens is 2. The summed E-state index contributed by atoms with van der Waals surface area (Å²) in [4.78, 5) is 18.5. The number of amides is 1. The predicted molar refractivity (Wildman–Crippen MR) is 68.8 cm³/mol. The van der Waals surface area contributed by atoms with E-state index < -0.39 is 0 Å². The van der Waals surface area contributed by atoms with Gasteiger partial charge in [0.05, 0.1) is 6.33 Å². The third kappa shape index (κ3) is 4.26. The minimum absolute atomic E-state index is 0.148. The average molecular weight is 233 g/mol. The molecule has 1 heterocycles. The molecule has 0 aliphatic rings. The smallest absolute Gasteiger partial charge is 0.271 e. The monoisotopic (exact) mass is 233 g/mol. The lowest BCUT2D eigenvalue weighted by Gasteiger charge is -1.99. The van der Waals surface area contributed by atoms with Crippen LogP contribution in [0.3, 0.4) is 0 Å². The zero-order valence-corrected chi connectivity index (χ0v) is 10.6. The van der Waals surface area contributed by atoms with Crippen molar-refractivity contribution in [2.45, 2.75) is 27.2 Å². The molecule has 92 valence electrons. The number of hydrogen-bond acceptors (Lipinski definition) is 2. The normalized spacial score (nSPS) is 12.1. The van der Waals surface area contributed by atoms with Gasteiger partial charge < -0.3 is 10.3 Å². The lowest BCUT2D eigenvalue weighted by Crippen LogP contribution is -2.24. The molecule has 2 N–H and O–H groups in total. The molecule has 1 rings (SSSR count). The van der Waals surface area contributed by atoms with E-state index in [0.29, 0.717) is 12.2 Å². The van der Waals surface area contributed by atoms with Crippen molar-refractivity contribution in [3.63, 3.8) is 0 Å². The van der Waals surface area contributed by atoms with Gasteiger partial charge in [0.2, 0.25) is 0 Å². The van der Waals surface area contributed by atoms with Gasteiger partial charge in [-0.1, -0.05) is 30.7 Å². The number of carbonyl (C=O) groups excluding carboxylic acids is 1. The lowest BCUT2D eigenvalue weighted by molar-refractivity contribution is 0.0953. The Morgan fingerprint density at radius 3 is 2.94 bits per heavy atom. The van der Waals surface area contributed by atoms with Crippen LogP contribution in [0.1, 0.15) is 36.5 Å².